The Hall–Kier alpha value is -3.55. The van der Waals surface area contributed by atoms with Gasteiger partial charge in [0, 0.05) is 24.1 Å². The number of halogens is 3. The van der Waals surface area contributed by atoms with Gasteiger partial charge in [-0.15, -0.1) is 12.6 Å². The minimum Gasteiger partial charge on any atom is -0.380 e. The first-order valence-electron chi connectivity index (χ1n) is 8.90. The molecule has 3 aromatic rings. The highest BCUT2D eigenvalue weighted by Gasteiger charge is 2.31. The third kappa shape index (κ3) is 5.01. The number of aliphatic hydroxyl groups excluding tert-OH is 1. The summed E-state index contributed by atoms with van der Waals surface area (Å²) in [6.07, 6.45) is -3.39. The summed E-state index contributed by atoms with van der Waals surface area (Å²) in [5.74, 6) is 4.60. The number of hydrazine groups is 1. The van der Waals surface area contributed by atoms with Crippen molar-refractivity contribution < 1.29 is 23.1 Å². The molecule has 2 aromatic heterocycles. The highest BCUT2D eigenvalue weighted by Crippen LogP contribution is 2.31. The smallest absolute Gasteiger partial charge is 0.380 e. The summed E-state index contributed by atoms with van der Waals surface area (Å²) in [6, 6.07) is 6.76. The van der Waals surface area contributed by atoms with Crippen molar-refractivity contribution >= 4 is 24.2 Å². The van der Waals surface area contributed by atoms with Crippen LogP contribution in [0.2, 0.25) is 0 Å². The number of nitrogens with two attached hydrogens (primary N) is 1. The number of carbonyl (C=O) groups is 1. The fourth-order valence-corrected chi connectivity index (χ4v) is 2.93. The van der Waals surface area contributed by atoms with Gasteiger partial charge in [-0.1, -0.05) is 12.1 Å². The van der Waals surface area contributed by atoms with E-state index in [9.17, 15) is 27.9 Å². The molecule has 2 heterocycles. The molecule has 1 amide bonds. The van der Waals surface area contributed by atoms with Crippen molar-refractivity contribution in [3.63, 3.8) is 0 Å². The Balaban J connectivity index is 1.82. The lowest BCUT2D eigenvalue weighted by Crippen LogP contribution is -2.30. The molecular weight excluding hydrogens is 449 g/mol. The van der Waals surface area contributed by atoms with E-state index in [1.165, 1.54) is 30.6 Å². The van der Waals surface area contributed by atoms with Crippen LogP contribution in [0.4, 0.5) is 18.9 Å². The van der Waals surface area contributed by atoms with E-state index in [0.29, 0.717) is 0 Å². The molecule has 1 aromatic carbocycles. The fraction of sp³-hybridized carbons (Fsp3) is 0.105. The summed E-state index contributed by atoms with van der Waals surface area (Å²) in [5, 5.41) is 14.0. The lowest BCUT2D eigenvalue weighted by molar-refractivity contribution is -0.137. The van der Waals surface area contributed by atoms with Gasteiger partial charge in [-0.2, -0.15) is 13.2 Å². The van der Waals surface area contributed by atoms with Gasteiger partial charge in [0.15, 0.2) is 5.82 Å². The number of benzene rings is 1. The maximum Gasteiger partial charge on any atom is 0.416 e. The number of hydrogen-bond acceptors (Lipinski definition) is 7. The molecule has 9 nitrogen and oxygen atoms in total. The summed E-state index contributed by atoms with van der Waals surface area (Å²) >= 11 is 3.83. The van der Waals surface area contributed by atoms with E-state index in [2.05, 4.69) is 33.3 Å². The van der Waals surface area contributed by atoms with Gasteiger partial charge in [-0.25, -0.2) is 4.98 Å². The van der Waals surface area contributed by atoms with Crippen LogP contribution in [0, 0.1) is 0 Å². The highest BCUT2D eigenvalue weighted by atomic mass is 32.1. The molecule has 1 unspecified atom stereocenters. The molecule has 0 radical (unpaired) electrons. The van der Waals surface area contributed by atoms with Crippen molar-refractivity contribution in [1.29, 1.82) is 0 Å². The molecule has 0 fully saturated rings. The fourth-order valence-electron chi connectivity index (χ4n) is 2.74. The highest BCUT2D eigenvalue weighted by molar-refractivity contribution is 7.83. The van der Waals surface area contributed by atoms with Crippen LogP contribution in [0.1, 0.15) is 23.1 Å². The molecule has 6 N–H and O–H groups in total. The zero-order valence-corrected chi connectivity index (χ0v) is 17.0. The number of anilines is 1. The van der Waals surface area contributed by atoms with Crippen LogP contribution in [0.3, 0.4) is 0 Å². The molecule has 0 aliphatic heterocycles. The SMILES string of the molecule is NN/C(=C\S)C(=O)Nc1ccn(-c2c[nH]c(C(O)c3cccc(C(F)(F)F)c3)n2)c(=O)c1. The van der Waals surface area contributed by atoms with Crippen molar-refractivity contribution in [1.82, 2.24) is 20.0 Å². The second-order valence-corrected chi connectivity index (χ2v) is 6.69. The van der Waals surface area contributed by atoms with Gasteiger partial charge in [0.05, 0.1) is 5.56 Å². The molecule has 0 aliphatic carbocycles. The Labute approximate surface area is 184 Å². The van der Waals surface area contributed by atoms with Crippen molar-refractivity contribution in [2.24, 2.45) is 5.84 Å². The summed E-state index contributed by atoms with van der Waals surface area (Å²) in [5.41, 5.74) is 0.810. The van der Waals surface area contributed by atoms with Crippen LogP contribution in [-0.4, -0.2) is 25.5 Å². The number of pyridine rings is 1. The molecule has 0 spiro atoms. The molecule has 13 heteroatoms. The number of H-pyrrole nitrogens is 1. The predicted octanol–water partition coefficient (Wildman–Crippen LogP) is 1.83. The van der Waals surface area contributed by atoms with Crippen molar-refractivity contribution in [2.75, 3.05) is 5.32 Å². The zero-order valence-electron chi connectivity index (χ0n) is 16.1. The van der Waals surface area contributed by atoms with E-state index >= 15 is 0 Å². The van der Waals surface area contributed by atoms with Crippen LogP contribution < -0.4 is 22.1 Å². The Bertz CT molecular complexity index is 1220. The normalized spacial score (nSPS) is 13.0. The number of aromatic amines is 1. The lowest BCUT2D eigenvalue weighted by Gasteiger charge is -2.12. The van der Waals surface area contributed by atoms with Gasteiger partial charge >= 0.3 is 6.18 Å². The van der Waals surface area contributed by atoms with Gasteiger partial charge < -0.3 is 20.8 Å². The number of aliphatic hydroxyl groups is 1. The predicted molar refractivity (Wildman–Crippen MR) is 113 cm³/mol. The third-order valence-corrected chi connectivity index (χ3v) is 4.58. The minimum atomic E-state index is -4.56. The van der Waals surface area contributed by atoms with Crippen LogP contribution >= 0.6 is 12.6 Å². The van der Waals surface area contributed by atoms with Crippen LogP contribution in [0.5, 0.6) is 0 Å². The Morgan fingerprint density at radius 1 is 1.31 bits per heavy atom. The first kappa shape index (κ1) is 23.1. The minimum absolute atomic E-state index is 0.0207. The molecular formula is C19H17F3N6O3S. The second-order valence-electron chi connectivity index (χ2n) is 6.43. The third-order valence-electron chi connectivity index (χ3n) is 4.33. The number of nitrogens with one attached hydrogen (secondary N) is 3. The maximum absolute atomic E-state index is 12.9. The number of hydrogen-bond donors (Lipinski definition) is 6. The molecule has 168 valence electrons. The molecule has 0 saturated carbocycles. The number of thiol groups is 1. The molecule has 32 heavy (non-hydrogen) atoms. The Morgan fingerprint density at radius 3 is 2.69 bits per heavy atom. The van der Waals surface area contributed by atoms with Crippen LogP contribution in [-0.2, 0) is 11.0 Å². The van der Waals surface area contributed by atoms with Crippen molar-refractivity contribution in [3.05, 3.63) is 87.2 Å². The molecule has 0 saturated heterocycles. The largest absolute Gasteiger partial charge is 0.416 e. The molecule has 3 rings (SSSR count). The van der Waals surface area contributed by atoms with Crippen molar-refractivity contribution in [2.45, 2.75) is 12.3 Å². The average Bonchev–Trinajstić information content (AvgIpc) is 3.23. The topological polar surface area (TPSA) is 138 Å². The van der Waals surface area contributed by atoms with Gasteiger partial charge in [-0.05, 0) is 29.2 Å². The Morgan fingerprint density at radius 2 is 2.06 bits per heavy atom. The first-order chi connectivity index (χ1) is 15.1. The number of carbonyl (C=O) groups excluding carboxylic acids is 1. The van der Waals surface area contributed by atoms with Gasteiger partial charge in [0.25, 0.3) is 11.5 Å². The monoisotopic (exact) mass is 466 g/mol. The summed E-state index contributed by atoms with van der Waals surface area (Å²) in [4.78, 5) is 31.1. The summed E-state index contributed by atoms with van der Waals surface area (Å²) < 4.78 is 39.9. The summed E-state index contributed by atoms with van der Waals surface area (Å²) in [7, 11) is 0. The van der Waals surface area contributed by atoms with Gasteiger partial charge in [-0.3, -0.25) is 20.0 Å². The van der Waals surface area contributed by atoms with E-state index in [1.807, 2.05) is 0 Å². The van der Waals surface area contributed by atoms with E-state index in [4.69, 9.17) is 5.84 Å². The number of imidazole rings is 1. The number of nitrogens with zero attached hydrogens (tertiary/aromatic N) is 2. The van der Waals surface area contributed by atoms with Gasteiger partial charge in [0.1, 0.15) is 17.6 Å². The lowest BCUT2D eigenvalue weighted by atomic mass is 10.1. The number of alkyl halides is 3. The average molecular weight is 466 g/mol. The summed E-state index contributed by atoms with van der Waals surface area (Å²) in [6.45, 7) is 0. The standard InChI is InChI=1S/C19H17F3N6O3S/c20-19(21,22)11-3-1-2-10(6-11)16(30)17-24-8-14(26-17)28-5-4-12(7-15(28)29)25-18(31)13(9-32)27-23/h1-9,16,27,30,32H,23H2,(H,24,26)(H,25,31)/b13-9-. The van der Waals surface area contributed by atoms with Crippen LogP contribution in [0.25, 0.3) is 5.82 Å². The molecule has 1 atom stereocenters. The van der Waals surface area contributed by atoms with E-state index in [-0.39, 0.29) is 28.6 Å². The van der Waals surface area contributed by atoms with E-state index in [0.717, 1.165) is 28.2 Å². The van der Waals surface area contributed by atoms with Gasteiger partial charge in [0.2, 0.25) is 0 Å². The van der Waals surface area contributed by atoms with E-state index < -0.39 is 29.3 Å². The molecule has 0 aliphatic rings. The van der Waals surface area contributed by atoms with Crippen molar-refractivity contribution in [3.8, 4) is 5.82 Å². The van der Waals surface area contributed by atoms with E-state index in [1.54, 1.807) is 0 Å². The zero-order chi connectivity index (χ0) is 23.5. The maximum atomic E-state index is 12.9. The number of aromatic nitrogens is 3. The number of rotatable bonds is 6. The Kier molecular flexibility index (Phi) is 6.72. The second kappa shape index (κ2) is 9.30. The quantitative estimate of drug-likeness (QED) is 0.142. The first-order valence-corrected chi connectivity index (χ1v) is 9.41. The molecule has 0 bridgehead atoms. The number of amides is 1. The van der Waals surface area contributed by atoms with Crippen LogP contribution in [0.15, 0.2) is 64.7 Å².